The fourth-order valence-electron chi connectivity index (χ4n) is 2.65. The lowest BCUT2D eigenvalue weighted by Gasteiger charge is -2.08. The van der Waals surface area contributed by atoms with E-state index in [-0.39, 0.29) is 6.61 Å². The minimum Gasteiger partial charge on any atom is -0.432 e. The largest absolute Gasteiger partial charge is 0.432 e. The Morgan fingerprint density at radius 1 is 1.38 bits per heavy atom. The first-order valence-electron chi connectivity index (χ1n) is 8.27. The molecule has 0 fully saturated rings. The van der Waals surface area contributed by atoms with Crippen LogP contribution in [0.4, 0.5) is 0 Å². The van der Waals surface area contributed by atoms with Crippen molar-refractivity contribution in [2.75, 3.05) is 13.2 Å². The lowest BCUT2D eigenvalue weighted by Crippen LogP contribution is -2.23. The number of oxazole rings is 1. The third kappa shape index (κ3) is 3.57. The van der Waals surface area contributed by atoms with Gasteiger partial charge in [-0.3, -0.25) is 4.40 Å². The number of amidine groups is 1. The molecule has 26 heavy (non-hydrogen) atoms. The first kappa shape index (κ1) is 17.6. The third-order valence-corrected chi connectivity index (χ3v) is 3.85. The molecule has 7 heteroatoms. The van der Waals surface area contributed by atoms with Crippen LogP contribution in [0.5, 0.6) is 0 Å². The maximum absolute atomic E-state index is 8.97. The molecular formula is C19H21N5O2. The molecule has 0 aliphatic heterocycles. The van der Waals surface area contributed by atoms with Crippen molar-refractivity contribution < 1.29 is 9.52 Å². The van der Waals surface area contributed by atoms with E-state index in [9.17, 15) is 0 Å². The summed E-state index contributed by atoms with van der Waals surface area (Å²) in [5.74, 6) is 1.10. The normalized spacial score (nSPS) is 12.6. The van der Waals surface area contributed by atoms with Gasteiger partial charge in [0, 0.05) is 24.5 Å². The molecule has 2 aromatic heterocycles. The number of aryl methyl sites for hydroxylation is 1. The highest BCUT2D eigenvalue weighted by molar-refractivity contribution is 5.93. The number of nitrogens with zero attached hydrogens (tertiary/aromatic N) is 3. The lowest BCUT2D eigenvalue weighted by atomic mass is 10.1. The Hall–Kier alpha value is -3.19. The molecule has 1 aromatic carbocycles. The van der Waals surface area contributed by atoms with Crippen molar-refractivity contribution in [3.63, 3.8) is 0 Å². The average Bonchev–Trinajstić information content (AvgIpc) is 3.21. The van der Waals surface area contributed by atoms with Crippen LogP contribution in [0.2, 0.25) is 0 Å². The Kier molecular flexibility index (Phi) is 5.28. The number of fused-ring (bicyclic) bond motifs is 1. The monoisotopic (exact) mass is 351 g/mol. The van der Waals surface area contributed by atoms with Crippen molar-refractivity contribution in [3.8, 4) is 11.3 Å². The summed E-state index contributed by atoms with van der Waals surface area (Å²) in [6.45, 7) is 4.27. The van der Waals surface area contributed by atoms with Gasteiger partial charge in [-0.05, 0) is 19.9 Å². The van der Waals surface area contributed by atoms with Crippen LogP contribution in [-0.2, 0) is 0 Å². The van der Waals surface area contributed by atoms with E-state index in [1.54, 1.807) is 18.5 Å². The van der Waals surface area contributed by atoms with E-state index in [0.717, 1.165) is 22.5 Å². The lowest BCUT2D eigenvalue weighted by molar-refractivity contribution is 0.300. The van der Waals surface area contributed by atoms with Crippen molar-refractivity contribution in [3.05, 3.63) is 54.1 Å². The molecular weight excluding hydrogens is 330 g/mol. The number of aromatic nitrogens is 2. The standard InChI is InChI=1S/C19H21N5O2/c1-13-3-5-15(6-4-13)17-18(24-10-12-26-19(24)23-17)16(7-8-20)22-14(2)21-9-11-25/h3-8,10,12,20,25H,9,11H2,1-2H3,(H,21,22)/b16-7-,20-8?. The van der Waals surface area contributed by atoms with Gasteiger partial charge < -0.3 is 20.2 Å². The van der Waals surface area contributed by atoms with Crippen LogP contribution in [0, 0.1) is 12.3 Å². The van der Waals surface area contributed by atoms with E-state index in [0.29, 0.717) is 23.9 Å². The summed E-state index contributed by atoms with van der Waals surface area (Å²) in [6.07, 6.45) is 6.14. The molecule has 0 aliphatic carbocycles. The highest BCUT2D eigenvalue weighted by Gasteiger charge is 2.19. The predicted molar refractivity (Wildman–Crippen MR) is 103 cm³/mol. The van der Waals surface area contributed by atoms with E-state index in [1.807, 2.05) is 42.5 Å². The van der Waals surface area contributed by atoms with Gasteiger partial charge in [0.2, 0.25) is 0 Å². The highest BCUT2D eigenvalue weighted by Crippen LogP contribution is 2.31. The van der Waals surface area contributed by atoms with Gasteiger partial charge >= 0.3 is 5.84 Å². The Morgan fingerprint density at radius 3 is 2.85 bits per heavy atom. The molecule has 0 aliphatic rings. The Morgan fingerprint density at radius 2 is 2.15 bits per heavy atom. The summed E-state index contributed by atoms with van der Waals surface area (Å²) >= 11 is 0. The van der Waals surface area contributed by atoms with Crippen LogP contribution in [0.1, 0.15) is 18.2 Å². The number of hydrogen-bond donors (Lipinski definition) is 3. The fraction of sp³-hybridized carbons (Fsp3) is 0.211. The van der Waals surface area contributed by atoms with Crippen LogP contribution in [0.25, 0.3) is 22.8 Å². The minimum absolute atomic E-state index is 0.0176. The second-order valence-electron chi connectivity index (χ2n) is 5.80. The van der Waals surface area contributed by atoms with E-state index in [2.05, 4.69) is 15.3 Å². The average molecular weight is 351 g/mol. The van der Waals surface area contributed by atoms with Gasteiger partial charge in [-0.2, -0.15) is 4.98 Å². The quantitative estimate of drug-likeness (QED) is 0.470. The first-order chi connectivity index (χ1) is 12.6. The zero-order valence-electron chi connectivity index (χ0n) is 14.7. The van der Waals surface area contributed by atoms with Gasteiger partial charge in [0.25, 0.3) is 0 Å². The second-order valence-corrected chi connectivity index (χ2v) is 5.80. The maximum Gasteiger partial charge on any atom is 0.306 e. The van der Waals surface area contributed by atoms with Gasteiger partial charge in [0.05, 0.1) is 18.1 Å². The number of aliphatic imine (C=N–C) groups is 1. The van der Waals surface area contributed by atoms with E-state index in [1.165, 1.54) is 6.21 Å². The van der Waals surface area contributed by atoms with Crippen molar-refractivity contribution in [1.29, 1.82) is 5.41 Å². The van der Waals surface area contributed by atoms with Crippen molar-refractivity contribution in [2.24, 2.45) is 4.99 Å². The number of aliphatic hydroxyl groups excluding tert-OH is 1. The number of benzene rings is 1. The maximum atomic E-state index is 8.97. The van der Waals surface area contributed by atoms with Crippen LogP contribution in [0.15, 0.2) is 52.2 Å². The number of nitrogens with one attached hydrogen (secondary N) is 2. The summed E-state index contributed by atoms with van der Waals surface area (Å²) in [7, 11) is 0. The van der Waals surface area contributed by atoms with Crippen LogP contribution < -0.4 is 5.32 Å². The number of rotatable bonds is 6. The van der Waals surface area contributed by atoms with Gasteiger partial charge in [0.15, 0.2) is 0 Å². The van der Waals surface area contributed by atoms with Gasteiger partial charge in [-0.15, -0.1) is 0 Å². The van der Waals surface area contributed by atoms with E-state index in [4.69, 9.17) is 14.9 Å². The first-order valence-corrected chi connectivity index (χ1v) is 8.27. The van der Waals surface area contributed by atoms with Crippen LogP contribution in [-0.4, -0.2) is 39.7 Å². The molecule has 0 atom stereocenters. The summed E-state index contributed by atoms with van der Waals surface area (Å²) in [6, 6.07) is 8.06. The Bertz CT molecular complexity index is 964. The summed E-state index contributed by atoms with van der Waals surface area (Å²) in [5, 5.41) is 19.5. The highest BCUT2D eigenvalue weighted by atomic mass is 16.3. The number of hydrogen-bond acceptors (Lipinski definition) is 5. The Labute approximate surface area is 151 Å². The molecule has 0 radical (unpaired) electrons. The van der Waals surface area contributed by atoms with Crippen LogP contribution in [0.3, 0.4) is 0 Å². The molecule has 0 spiro atoms. The molecule has 0 unspecified atom stereocenters. The molecule has 2 heterocycles. The smallest absolute Gasteiger partial charge is 0.306 e. The molecule has 0 amide bonds. The third-order valence-electron chi connectivity index (χ3n) is 3.85. The SMILES string of the molecule is C/C(=N\C(=C/C=N)c1c(-c2ccc(C)cc2)nc2occn12)NCCO. The molecule has 0 saturated carbocycles. The fourth-order valence-corrected chi connectivity index (χ4v) is 2.65. The van der Waals surface area contributed by atoms with Crippen molar-refractivity contribution in [1.82, 2.24) is 14.7 Å². The number of allylic oxidation sites excluding steroid dienone is 1. The molecule has 134 valence electrons. The van der Waals surface area contributed by atoms with Gasteiger partial charge in [0.1, 0.15) is 17.7 Å². The number of imidazole rings is 1. The van der Waals surface area contributed by atoms with E-state index < -0.39 is 0 Å². The topological polar surface area (TPSA) is 98.9 Å². The molecule has 0 bridgehead atoms. The molecule has 0 saturated heterocycles. The second kappa shape index (κ2) is 7.79. The van der Waals surface area contributed by atoms with Gasteiger partial charge in [-0.1, -0.05) is 29.8 Å². The summed E-state index contributed by atoms with van der Waals surface area (Å²) in [5.41, 5.74) is 4.15. The number of aliphatic hydroxyl groups is 1. The Balaban J connectivity index is 2.15. The zero-order chi connectivity index (χ0) is 18.5. The van der Waals surface area contributed by atoms with Crippen molar-refractivity contribution >= 4 is 23.6 Å². The molecule has 7 nitrogen and oxygen atoms in total. The van der Waals surface area contributed by atoms with Crippen molar-refractivity contribution in [2.45, 2.75) is 13.8 Å². The zero-order valence-corrected chi connectivity index (χ0v) is 14.7. The molecule has 3 aromatic rings. The molecule has 3 rings (SSSR count). The predicted octanol–water partition coefficient (Wildman–Crippen LogP) is 2.89. The molecule has 3 N–H and O–H groups in total. The summed E-state index contributed by atoms with van der Waals surface area (Å²) in [4.78, 5) is 9.18. The minimum atomic E-state index is 0.0176. The summed E-state index contributed by atoms with van der Waals surface area (Å²) < 4.78 is 7.27. The van der Waals surface area contributed by atoms with Crippen LogP contribution >= 0.6 is 0 Å². The van der Waals surface area contributed by atoms with E-state index >= 15 is 0 Å². The van der Waals surface area contributed by atoms with Gasteiger partial charge in [-0.25, -0.2) is 4.99 Å².